The molecule has 0 saturated carbocycles. The molecule has 0 radical (unpaired) electrons. The summed E-state index contributed by atoms with van der Waals surface area (Å²) >= 11 is 0. The lowest BCUT2D eigenvalue weighted by atomic mass is 9.98. The predicted molar refractivity (Wildman–Crippen MR) is 225 cm³/mol. The summed E-state index contributed by atoms with van der Waals surface area (Å²) in [4.78, 5) is 84.1. The third kappa shape index (κ3) is 14.1. The number of fused-ring (bicyclic) bond motifs is 3. The summed E-state index contributed by atoms with van der Waals surface area (Å²) < 4.78 is 11.2. The second-order valence-electron chi connectivity index (χ2n) is 16.1. The fourth-order valence-electron chi connectivity index (χ4n) is 6.87. The van der Waals surface area contributed by atoms with E-state index in [1.807, 2.05) is 62.4 Å². The Bertz CT molecular complexity index is 1970. The summed E-state index contributed by atoms with van der Waals surface area (Å²) in [6, 6.07) is 19.1. The fourth-order valence-corrected chi connectivity index (χ4v) is 6.87. The summed E-state index contributed by atoms with van der Waals surface area (Å²) in [6.45, 7) is 8.89. The summed E-state index contributed by atoms with van der Waals surface area (Å²) in [6.07, 6.45) is -1.38. The van der Waals surface area contributed by atoms with Crippen LogP contribution < -0.4 is 32.7 Å². The number of carbonyl (C=O) groups excluding carboxylic acids is 5. The van der Waals surface area contributed by atoms with Crippen LogP contribution in [0.2, 0.25) is 0 Å². The Morgan fingerprint density at radius 2 is 1.27 bits per heavy atom. The SMILES string of the molecule is CC(C)C[C@H](NC(=O)[C@H](CCCN=C(N)N)NC(=O)[C@H](CC(=O)O)NC(=O)[C@H](Cc1ccccc1)NC(=O)OCC1c2ccccc2-c2ccccc21)C(=O)OC(C)(C)C. The molecule has 16 nitrogen and oxygen atoms in total. The molecule has 1 aliphatic rings. The van der Waals surface area contributed by atoms with E-state index in [0.717, 1.165) is 22.3 Å². The van der Waals surface area contributed by atoms with E-state index in [4.69, 9.17) is 20.9 Å². The Kier molecular flexibility index (Phi) is 16.6. The molecule has 0 unspecified atom stereocenters. The molecule has 0 spiro atoms. The largest absolute Gasteiger partial charge is 0.481 e. The second kappa shape index (κ2) is 21.5. The number of carbonyl (C=O) groups is 6. The number of aliphatic imine (C=N–C) groups is 1. The lowest BCUT2D eigenvalue weighted by Crippen LogP contribution is -2.58. The standard InChI is InChI=1S/C44H57N7O9/c1-26(2)22-36(41(57)60-44(3,4)5)50-38(54)33(20-13-21-47-42(45)46)48-40(56)35(24-37(52)53)49-39(55)34(23-27-14-7-6-8-15-27)51-43(58)59-25-32-30-18-11-9-16-28(30)29-17-10-12-19-31(29)32/h6-12,14-19,26,32-36H,13,20-25H2,1-5H3,(H,48,56)(H,49,55)(H,50,54)(H,51,58)(H,52,53)(H4,45,46,47)/t33-,34-,35-,36-/m0/s1. The average Bonchev–Trinajstić information content (AvgIpc) is 3.50. The minimum atomic E-state index is -1.69. The maximum atomic E-state index is 14.0. The van der Waals surface area contributed by atoms with E-state index in [0.29, 0.717) is 5.56 Å². The number of nitrogens with two attached hydrogens (primary N) is 2. The number of benzene rings is 3. The van der Waals surface area contributed by atoms with Gasteiger partial charge in [0, 0.05) is 18.9 Å². The maximum Gasteiger partial charge on any atom is 0.407 e. The van der Waals surface area contributed by atoms with Crippen molar-refractivity contribution in [3.63, 3.8) is 0 Å². The highest BCUT2D eigenvalue weighted by molar-refractivity contribution is 5.96. The molecule has 9 N–H and O–H groups in total. The van der Waals surface area contributed by atoms with Crippen LogP contribution in [0.4, 0.5) is 4.79 Å². The summed E-state index contributed by atoms with van der Waals surface area (Å²) in [5.74, 6) is -5.16. The first-order chi connectivity index (χ1) is 28.4. The van der Waals surface area contributed by atoms with Crippen LogP contribution in [0, 0.1) is 5.92 Å². The van der Waals surface area contributed by atoms with E-state index in [1.165, 1.54) is 0 Å². The quantitative estimate of drug-likeness (QED) is 0.0376. The van der Waals surface area contributed by atoms with E-state index in [2.05, 4.69) is 26.3 Å². The number of amides is 4. The highest BCUT2D eigenvalue weighted by Crippen LogP contribution is 2.44. The molecule has 60 heavy (non-hydrogen) atoms. The molecule has 0 saturated heterocycles. The number of aliphatic carboxylic acids is 1. The molecule has 4 rings (SSSR count). The Morgan fingerprint density at radius 1 is 0.733 bits per heavy atom. The molecular weight excluding hydrogens is 771 g/mol. The second-order valence-corrected chi connectivity index (χ2v) is 16.1. The van der Waals surface area contributed by atoms with Crippen molar-refractivity contribution >= 4 is 41.7 Å². The van der Waals surface area contributed by atoms with Crippen LogP contribution >= 0.6 is 0 Å². The number of rotatable bonds is 20. The lowest BCUT2D eigenvalue weighted by molar-refractivity contribution is -0.159. The van der Waals surface area contributed by atoms with Crippen molar-refractivity contribution < 1.29 is 43.3 Å². The number of nitrogens with zero attached hydrogens (tertiary/aromatic N) is 1. The Morgan fingerprint density at radius 3 is 1.83 bits per heavy atom. The van der Waals surface area contributed by atoms with Crippen molar-refractivity contribution in [2.45, 2.75) is 102 Å². The highest BCUT2D eigenvalue weighted by atomic mass is 16.6. The van der Waals surface area contributed by atoms with Gasteiger partial charge >= 0.3 is 18.0 Å². The number of ether oxygens (including phenoxy) is 2. The van der Waals surface area contributed by atoms with Gasteiger partial charge < -0.3 is 47.3 Å². The molecule has 0 aliphatic heterocycles. The normalized spacial score (nSPS) is 14.0. The molecule has 16 heteroatoms. The number of carboxylic acids is 1. The highest BCUT2D eigenvalue weighted by Gasteiger charge is 2.35. The number of guanidine groups is 1. The topological polar surface area (TPSA) is 254 Å². The van der Waals surface area contributed by atoms with E-state index < -0.39 is 71.9 Å². The number of esters is 1. The molecule has 0 heterocycles. The molecule has 4 atom stereocenters. The van der Waals surface area contributed by atoms with Gasteiger partial charge in [-0.1, -0.05) is 92.7 Å². The van der Waals surface area contributed by atoms with Crippen molar-refractivity contribution in [2.75, 3.05) is 13.2 Å². The Labute approximate surface area is 350 Å². The van der Waals surface area contributed by atoms with E-state index in [-0.39, 0.29) is 56.6 Å². The van der Waals surface area contributed by atoms with Crippen LogP contribution in [0.3, 0.4) is 0 Å². The Balaban J connectivity index is 1.52. The molecule has 3 aromatic rings. The van der Waals surface area contributed by atoms with Crippen LogP contribution in [-0.2, 0) is 39.9 Å². The molecule has 0 aromatic heterocycles. The smallest absolute Gasteiger partial charge is 0.407 e. The zero-order chi connectivity index (χ0) is 44.0. The number of nitrogens with one attached hydrogen (secondary N) is 4. The third-order valence-corrected chi connectivity index (χ3v) is 9.54. The van der Waals surface area contributed by atoms with Gasteiger partial charge in [-0.05, 0) is 73.8 Å². The predicted octanol–water partition coefficient (Wildman–Crippen LogP) is 3.51. The minimum absolute atomic E-state index is 0.0230. The monoisotopic (exact) mass is 827 g/mol. The van der Waals surface area contributed by atoms with Crippen LogP contribution in [0.25, 0.3) is 11.1 Å². The van der Waals surface area contributed by atoms with Gasteiger partial charge in [0.25, 0.3) is 0 Å². The number of hydrogen-bond donors (Lipinski definition) is 7. The van der Waals surface area contributed by atoms with E-state index in [1.54, 1.807) is 51.1 Å². The minimum Gasteiger partial charge on any atom is -0.481 e. The van der Waals surface area contributed by atoms with Gasteiger partial charge in [0.2, 0.25) is 17.7 Å². The summed E-state index contributed by atoms with van der Waals surface area (Å²) in [5, 5.41) is 20.1. The maximum absolute atomic E-state index is 14.0. The van der Waals surface area contributed by atoms with Crippen molar-refractivity contribution in [3.05, 3.63) is 95.6 Å². The molecule has 4 amide bonds. The van der Waals surface area contributed by atoms with Gasteiger partial charge in [0.15, 0.2) is 5.96 Å². The first-order valence-corrected chi connectivity index (χ1v) is 20.0. The molecule has 3 aromatic carbocycles. The van der Waals surface area contributed by atoms with Crippen molar-refractivity contribution in [1.29, 1.82) is 0 Å². The average molecular weight is 828 g/mol. The number of alkyl carbamates (subject to hydrolysis) is 1. The van der Waals surface area contributed by atoms with Crippen LogP contribution in [0.1, 0.15) is 82.9 Å². The number of carboxylic acid groups (broad SMARTS) is 1. The summed E-state index contributed by atoms with van der Waals surface area (Å²) in [7, 11) is 0. The lowest BCUT2D eigenvalue weighted by Gasteiger charge is -2.28. The molecule has 322 valence electrons. The van der Waals surface area contributed by atoms with E-state index >= 15 is 0 Å². The molecule has 0 fully saturated rings. The Hall–Kier alpha value is -6.45. The fraction of sp³-hybridized carbons (Fsp3) is 0.432. The van der Waals surface area contributed by atoms with E-state index in [9.17, 15) is 33.9 Å². The van der Waals surface area contributed by atoms with Gasteiger partial charge in [-0.15, -0.1) is 0 Å². The zero-order valence-corrected chi connectivity index (χ0v) is 34.7. The van der Waals surface area contributed by atoms with Crippen LogP contribution in [0.15, 0.2) is 83.9 Å². The molecular formula is C44H57N7O9. The first kappa shape index (κ1) is 46.2. The van der Waals surface area contributed by atoms with Gasteiger partial charge in [-0.3, -0.25) is 24.2 Å². The van der Waals surface area contributed by atoms with Crippen molar-refractivity contribution in [3.8, 4) is 11.1 Å². The van der Waals surface area contributed by atoms with Crippen molar-refractivity contribution in [1.82, 2.24) is 21.3 Å². The van der Waals surface area contributed by atoms with Crippen LogP contribution in [-0.4, -0.2) is 89.7 Å². The zero-order valence-electron chi connectivity index (χ0n) is 34.7. The van der Waals surface area contributed by atoms with Gasteiger partial charge in [-0.25, -0.2) is 9.59 Å². The summed E-state index contributed by atoms with van der Waals surface area (Å²) in [5.41, 5.74) is 14.8. The van der Waals surface area contributed by atoms with Gasteiger partial charge in [-0.2, -0.15) is 0 Å². The van der Waals surface area contributed by atoms with Crippen LogP contribution in [0.5, 0.6) is 0 Å². The molecule has 1 aliphatic carbocycles. The third-order valence-electron chi connectivity index (χ3n) is 9.54. The van der Waals surface area contributed by atoms with Crippen molar-refractivity contribution in [2.24, 2.45) is 22.4 Å². The number of hydrogen-bond acceptors (Lipinski definition) is 9. The van der Waals surface area contributed by atoms with Gasteiger partial charge in [0.05, 0.1) is 6.42 Å². The van der Waals surface area contributed by atoms with Gasteiger partial charge in [0.1, 0.15) is 36.4 Å². The first-order valence-electron chi connectivity index (χ1n) is 20.0. The molecule has 0 bridgehead atoms.